The summed E-state index contributed by atoms with van der Waals surface area (Å²) in [6, 6.07) is 20.3. The maximum atomic E-state index is 13.8. The fraction of sp³-hybridized carbons (Fsp3) is 0.312. The van der Waals surface area contributed by atoms with Gasteiger partial charge in [-0.2, -0.15) is 0 Å². The van der Waals surface area contributed by atoms with E-state index in [4.69, 9.17) is 10.7 Å². The molecule has 0 saturated heterocycles. The fourth-order valence-electron chi connectivity index (χ4n) is 4.65. The van der Waals surface area contributed by atoms with Crippen LogP contribution in [0.4, 0.5) is 11.4 Å². The van der Waals surface area contributed by atoms with Crippen LogP contribution in [0.2, 0.25) is 0 Å². The minimum absolute atomic E-state index is 0.101. The third-order valence-corrected chi connectivity index (χ3v) is 8.82. The minimum atomic E-state index is -3.77. The number of hydrogen-bond acceptors (Lipinski definition) is 5. The SMILES string of the molecule is C=C(C)C(=O)NCCCCCCCCN(c1ccc2cc3ccc(N)cc3nc2c1)S(=O)(=O)c1ccc(C)cc1. The van der Waals surface area contributed by atoms with Crippen molar-refractivity contribution in [3.63, 3.8) is 0 Å². The number of amides is 1. The van der Waals surface area contributed by atoms with Gasteiger partial charge >= 0.3 is 0 Å². The number of anilines is 2. The number of aromatic nitrogens is 1. The van der Waals surface area contributed by atoms with Crippen LogP contribution in [0.3, 0.4) is 0 Å². The Morgan fingerprint density at radius 3 is 2.20 bits per heavy atom. The molecule has 40 heavy (non-hydrogen) atoms. The summed E-state index contributed by atoms with van der Waals surface area (Å²) in [6.07, 6.45) is 5.60. The summed E-state index contributed by atoms with van der Waals surface area (Å²) in [6.45, 7) is 8.30. The van der Waals surface area contributed by atoms with Gasteiger partial charge in [-0.3, -0.25) is 9.10 Å². The highest BCUT2D eigenvalue weighted by Gasteiger charge is 2.25. The number of pyridine rings is 1. The molecule has 0 radical (unpaired) electrons. The zero-order chi connectivity index (χ0) is 28.7. The molecule has 0 aliphatic carbocycles. The molecular weight excluding hydrogens is 520 g/mol. The summed E-state index contributed by atoms with van der Waals surface area (Å²) >= 11 is 0. The Kier molecular flexibility index (Phi) is 9.42. The standard InChI is InChI=1S/C32H38N4O3S/c1-23(2)32(37)34-18-8-6-4-5-7-9-19-36(40(38,39)29-16-10-24(3)11-17-29)28-15-13-26-20-25-12-14-27(33)21-30(25)35-31(26)22-28/h10-17,20-22H,1,4-9,18-19,33H2,2-3H3,(H,34,37). The van der Waals surface area contributed by atoms with Crippen LogP contribution in [0.25, 0.3) is 21.8 Å². The molecule has 4 rings (SSSR count). The molecule has 0 fully saturated rings. The number of carbonyl (C=O) groups is 1. The van der Waals surface area contributed by atoms with Crippen molar-refractivity contribution in [2.45, 2.75) is 57.3 Å². The van der Waals surface area contributed by atoms with Crippen molar-refractivity contribution >= 4 is 49.1 Å². The van der Waals surface area contributed by atoms with Crippen LogP contribution in [-0.4, -0.2) is 32.4 Å². The molecule has 3 N–H and O–H groups in total. The van der Waals surface area contributed by atoms with E-state index in [2.05, 4.69) is 11.9 Å². The number of nitrogens with zero attached hydrogens (tertiary/aromatic N) is 2. The first-order valence-corrected chi connectivity index (χ1v) is 15.2. The molecule has 7 nitrogen and oxygen atoms in total. The van der Waals surface area contributed by atoms with E-state index < -0.39 is 10.0 Å². The summed E-state index contributed by atoms with van der Waals surface area (Å²) in [7, 11) is -3.77. The third kappa shape index (κ3) is 7.18. The summed E-state index contributed by atoms with van der Waals surface area (Å²) in [5, 5.41) is 4.78. The normalized spacial score (nSPS) is 11.6. The van der Waals surface area contributed by atoms with Crippen molar-refractivity contribution < 1.29 is 13.2 Å². The van der Waals surface area contributed by atoms with E-state index in [0.29, 0.717) is 30.0 Å². The second kappa shape index (κ2) is 13.0. The highest BCUT2D eigenvalue weighted by molar-refractivity contribution is 7.92. The van der Waals surface area contributed by atoms with Crippen molar-refractivity contribution in [1.82, 2.24) is 10.3 Å². The van der Waals surface area contributed by atoms with E-state index in [0.717, 1.165) is 65.9 Å². The maximum absolute atomic E-state index is 13.8. The molecule has 0 saturated carbocycles. The van der Waals surface area contributed by atoms with E-state index in [1.54, 1.807) is 19.1 Å². The Morgan fingerprint density at radius 1 is 0.875 bits per heavy atom. The van der Waals surface area contributed by atoms with E-state index in [1.807, 2.05) is 61.5 Å². The molecule has 1 heterocycles. The van der Waals surface area contributed by atoms with Gasteiger partial charge in [-0.05, 0) is 69.2 Å². The van der Waals surface area contributed by atoms with Crippen molar-refractivity contribution in [3.8, 4) is 0 Å². The highest BCUT2D eigenvalue weighted by Crippen LogP contribution is 2.29. The number of sulfonamides is 1. The Hall–Kier alpha value is -3.91. The van der Waals surface area contributed by atoms with Crippen molar-refractivity contribution in [2.75, 3.05) is 23.1 Å². The highest BCUT2D eigenvalue weighted by atomic mass is 32.2. The average molecular weight is 559 g/mol. The lowest BCUT2D eigenvalue weighted by Gasteiger charge is -2.25. The van der Waals surface area contributed by atoms with Crippen LogP contribution in [0.1, 0.15) is 51.0 Å². The van der Waals surface area contributed by atoms with E-state index in [1.165, 1.54) is 4.31 Å². The first-order chi connectivity index (χ1) is 19.1. The van der Waals surface area contributed by atoms with E-state index in [-0.39, 0.29) is 10.8 Å². The quantitative estimate of drug-likeness (QED) is 0.0843. The Morgan fingerprint density at radius 2 is 1.50 bits per heavy atom. The average Bonchev–Trinajstić information content (AvgIpc) is 2.92. The van der Waals surface area contributed by atoms with Crippen molar-refractivity contribution in [3.05, 3.63) is 84.4 Å². The number of hydrogen-bond donors (Lipinski definition) is 2. The fourth-order valence-corrected chi connectivity index (χ4v) is 6.14. The van der Waals surface area contributed by atoms with E-state index >= 15 is 0 Å². The lowest BCUT2D eigenvalue weighted by atomic mass is 10.1. The van der Waals surface area contributed by atoms with Crippen LogP contribution in [0.5, 0.6) is 0 Å². The topological polar surface area (TPSA) is 105 Å². The zero-order valence-electron chi connectivity index (χ0n) is 23.3. The van der Waals surface area contributed by atoms with Gasteiger partial charge in [0.25, 0.3) is 10.0 Å². The van der Waals surface area contributed by atoms with Gasteiger partial charge in [-0.1, -0.05) is 62.1 Å². The number of nitrogens with one attached hydrogen (secondary N) is 1. The number of carbonyl (C=O) groups excluding carboxylic acids is 1. The molecule has 0 aliphatic heterocycles. The molecule has 0 unspecified atom stereocenters. The minimum Gasteiger partial charge on any atom is -0.399 e. The molecule has 0 spiro atoms. The van der Waals surface area contributed by atoms with Crippen LogP contribution in [-0.2, 0) is 14.8 Å². The molecule has 0 atom stereocenters. The maximum Gasteiger partial charge on any atom is 0.264 e. The smallest absolute Gasteiger partial charge is 0.264 e. The van der Waals surface area contributed by atoms with Crippen molar-refractivity contribution in [2.24, 2.45) is 0 Å². The van der Waals surface area contributed by atoms with Crippen molar-refractivity contribution in [1.29, 1.82) is 0 Å². The number of benzene rings is 3. The number of rotatable bonds is 13. The molecule has 8 heteroatoms. The molecule has 3 aromatic carbocycles. The van der Waals surface area contributed by atoms with Crippen LogP contribution in [0, 0.1) is 6.92 Å². The van der Waals surface area contributed by atoms with Gasteiger partial charge in [0.2, 0.25) is 5.91 Å². The lowest BCUT2D eigenvalue weighted by Crippen LogP contribution is -2.32. The van der Waals surface area contributed by atoms with Gasteiger partial charge in [0.1, 0.15) is 0 Å². The van der Waals surface area contributed by atoms with Gasteiger partial charge in [-0.15, -0.1) is 0 Å². The molecule has 0 aliphatic rings. The molecule has 0 bridgehead atoms. The van der Waals surface area contributed by atoms with E-state index in [9.17, 15) is 13.2 Å². The van der Waals surface area contributed by atoms with Crippen LogP contribution in [0.15, 0.2) is 83.8 Å². The number of nitrogen functional groups attached to an aromatic ring is 1. The number of aryl methyl sites for hydroxylation is 1. The molecule has 1 aromatic heterocycles. The predicted octanol–water partition coefficient (Wildman–Crippen LogP) is 6.51. The second-order valence-electron chi connectivity index (χ2n) is 10.4. The number of nitrogens with two attached hydrogens (primary N) is 1. The van der Waals surface area contributed by atoms with Gasteiger partial charge in [0.15, 0.2) is 0 Å². The monoisotopic (exact) mass is 558 g/mol. The van der Waals surface area contributed by atoms with Crippen LogP contribution < -0.4 is 15.4 Å². The molecule has 210 valence electrons. The summed E-state index contributed by atoms with van der Waals surface area (Å²) < 4.78 is 29.2. The summed E-state index contributed by atoms with van der Waals surface area (Å²) in [5.41, 5.74) is 10.2. The predicted molar refractivity (Wildman–Crippen MR) is 165 cm³/mol. The Labute approximate surface area is 237 Å². The first-order valence-electron chi connectivity index (χ1n) is 13.8. The molecular formula is C32H38N4O3S. The number of fused-ring (bicyclic) bond motifs is 2. The van der Waals surface area contributed by atoms with Gasteiger partial charge in [0.05, 0.1) is 21.6 Å². The van der Waals surface area contributed by atoms with Gasteiger partial charge in [0, 0.05) is 35.1 Å². The second-order valence-corrected chi connectivity index (χ2v) is 12.2. The summed E-state index contributed by atoms with van der Waals surface area (Å²) in [5.74, 6) is -0.101. The largest absolute Gasteiger partial charge is 0.399 e. The Balaban J connectivity index is 1.48. The lowest BCUT2D eigenvalue weighted by molar-refractivity contribution is -0.117. The summed E-state index contributed by atoms with van der Waals surface area (Å²) in [4.78, 5) is 16.6. The molecule has 1 amide bonds. The molecule has 4 aromatic rings. The number of unbranched alkanes of at least 4 members (excludes halogenated alkanes) is 5. The van der Waals surface area contributed by atoms with Gasteiger partial charge in [-0.25, -0.2) is 13.4 Å². The van der Waals surface area contributed by atoms with Crippen LogP contribution >= 0.6 is 0 Å². The third-order valence-electron chi connectivity index (χ3n) is 6.98. The zero-order valence-corrected chi connectivity index (χ0v) is 24.1. The Bertz CT molecular complexity index is 1620. The first kappa shape index (κ1) is 29.1. The van der Waals surface area contributed by atoms with Gasteiger partial charge < -0.3 is 11.1 Å².